The molecular weight excluding hydrogens is 368 g/mol. The quantitative estimate of drug-likeness (QED) is 0.672. The molecule has 1 saturated heterocycles. The highest BCUT2D eigenvalue weighted by Crippen LogP contribution is 2.31. The molecule has 8 nitrogen and oxygen atoms in total. The number of anilines is 1. The number of esters is 1. The number of ether oxygens (including phenoxy) is 2. The molecule has 1 fully saturated rings. The van der Waals surface area contributed by atoms with E-state index in [1.165, 1.54) is 16.9 Å². The van der Waals surface area contributed by atoms with E-state index in [9.17, 15) is 9.59 Å². The number of carbonyl (C=O) groups is 2. The van der Waals surface area contributed by atoms with Crippen molar-refractivity contribution < 1.29 is 19.1 Å². The van der Waals surface area contributed by atoms with Crippen LogP contribution in [0, 0.1) is 0 Å². The van der Waals surface area contributed by atoms with Gasteiger partial charge in [0.2, 0.25) is 5.91 Å². The second kappa shape index (κ2) is 7.63. The number of nitrogens with zero attached hydrogens (tertiary/aromatic N) is 1. The summed E-state index contributed by atoms with van der Waals surface area (Å²) in [6.45, 7) is 2.74. The van der Waals surface area contributed by atoms with Gasteiger partial charge in [-0.1, -0.05) is 12.1 Å². The van der Waals surface area contributed by atoms with E-state index in [1.807, 2.05) is 12.1 Å². The van der Waals surface area contributed by atoms with Gasteiger partial charge in [-0.2, -0.15) is 0 Å². The molecule has 1 amide bonds. The molecule has 1 aromatic heterocycles. The minimum absolute atomic E-state index is 0.0398. The third-order valence-corrected chi connectivity index (χ3v) is 5.31. The Morgan fingerprint density at radius 2 is 2.30 bits per heavy atom. The van der Waals surface area contributed by atoms with Crippen LogP contribution >= 0.6 is 11.3 Å². The maximum absolute atomic E-state index is 12.5. The van der Waals surface area contributed by atoms with E-state index < -0.39 is 12.0 Å². The SMILES string of the molecule is CCOC(=O)c1csc(NC(=O)C2CC(c3ccc4c(c3)CCO4)NN2)n1. The Hall–Kier alpha value is -2.49. The van der Waals surface area contributed by atoms with Crippen molar-refractivity contribution in [3.63, 3.8) is 0 Å². The zero-order valence-corrected chi connectivity index (χ0v) is 15.6. The number of carbonyl (C=O) groups excluding carboxylic acids is 2. The van der Waals surface area contributed by atoms with Gasteiger partial charge >= 0.3 is 5.97 Å². The Balaban J connectivity index is 1.36. The van der Waals surface area contributed by atoms with Gasteiger partial charge in [-0.05, 0) is 30.5 Å². The fraction of sp³-hybridized carbons (Fsp3) is 0.389. The lowest BCUT2D eigenvalue weighted by molar-refractivity contribution is -0.117. The average Bonchev–Trinajstić information content (AvgIpc) is 3.41. The summed E-state index contributed by atoms with van der Waals surface area (Å²) in [6.07, 6.45) is 1.53. The van der Waals surface area contributed by atoms with Crippen LogP contribution in [0.3, 0.4) is 0 Å². The number of fused-ring (bicyclic) bond motifs is 1. The monoisotopic (exact) mass is 388 g/mol. The van der Waals surface area contributed by atoms with Gasteiger partial charge in [-0.15, -0.1) is 11.3 Å². The van der Waals surface area contributed by atoms with Crippen molar-refractivity contribution in [3.8, 4) is 5.75 Å². The molecule has 2 aromatic rings. The lowest BCUT2D eigenvalue weighted by atomic mass is 9.99. The lowest BCUT2D eigenvalue weighted by Crippen LogP contribution is -2.39. The Labute approximate surface area is 160 Å². The molecular formula is C18H20N4O4S. The van der Waals surface area contributed by atoms with Crippen LogP contribution in [0.25, 0.3) is 0 Å². The molecule has 0 radical (unpaired) electrons. The van der Waals surface area contributed by atoms with Crippen molar-refractivity contribution >= 4 is 28.3 Å². The summed E-state index contributed by atoms with van der Waals surface area (Å²) < 4.78 is 10.4. The molecule has 2 atom stereocenters. The molecule has 0 aliphatic carbocycles. The predicted molar refractivity (Wildman–Crippen MR) is 99.8 cm³/mol. The highest BCUT2D eigenvalue weighted by molar-refractivity contribution is 7.14. The molecule has 4 rings (SSSR count). The summed E-state index contributed by atoms with van der Waals surface area (Å²) in [5, 5.41) is 4.70. The number of nitrogens with one attached hydrogen (secondary N) is 3. The van der Waals surface area contributed by atoms with E-state index in [0.29, 0.717) is 11.6 Å². The normalized spacial score (nSPS) is 20.8. The first-order valence-corrected chi connectivity index (χ1v) is 9.72. The van der Waals surface area contributed by atoms with Gasteiger partial charge in [0.05, 0.1) is 13.2 Å². The Bertz CT molecular complexity index is 869. The number of hydrogen-bond acceptors (Lipinski definition) is 8. The number of aromatic nitrogens is 1. The summed E-state index contributed by atoms with van der Waals surface area (Å²) in [4.78, 5) is 28.3. The molecule has 2 aliphatic rings. The van der Waals surface area contributed by atoms with Crippen molar-refractivity contribution in [2.24, 2.45) is 0 Å². The highest BCUT2D eigenvalue weighted by atomic mass is 32.1. The van der Waals surface area contributed by atoms with E-state index >= 15 is 0 Å². The molecule has 2 aliphatic heterocycles. The van der Waals surface area contributed by atoms with Crippen molar-refractivity contribution in [2.45, 2.75) is 31.8 Å². The molecule has 142 valence electrons. The second-order valence-corrected chi connectivity index (χ2v) is 7.20. The van der Waals surface area contributed by atoms with Crippen LogP contribution in [0.15, 0.2) is 23.6 Å². The summed E-state index contributed by atoms with van der Waals surface area (Å²) in [6, 6.07) is 5.79. The largest absolute Gasteiger partial charge is 0.493 e. The zero-order valence-electron chi connectivity index (χ0n) is 14.8. The fourth-order valence-corrected chi connectivity index (χ4v) is 3.88. The van der Waals surface area contributed by atoms with E-state index in [2.05, 4.69) is 27.2 Å². The van der Waals surface area contributed by atoms with Crippen molar-refractivity contribution in [3.05, 3.63) is 40.4 Å². The number of amides is 1. The number of benzene rings is 1. The molecule has 3 heterocycles. The molecule has 0 saturated carbocycles. The summed E-state index contributed by atoms with van der Waals surface area (Å²) in [5.41, 5.74) is 8.75. The summed E-state index contributed by atoms with van der Waals surface area (Å²) >= 11 is 1.20. The smallest absolute Gasteiger partial charge is 0.357 e. The molecule has 9 heteroatoms. The van der Waals surface area contributed by atoms with Gasteiger partial charge in [-0.25, -0.2) is 20.6 Å². The molecule has 1 aromatic carbocycles. The fourth-order valence-electron chi connectivity index (χ4n) is 3.19. The summed E-state index contributed by atoms with van der Waals surface area (Å²) in [5.74, 6) is 0.259. The molecule has 27 heavy (non-hydrogen) atoms. The Kier molecular flexibility index (Phi) is 5.06. The van der Waals surface area contributed by atoms with Gasteiger partial charge in [-0.3, -0.25) is 4.79 Å². The van der Waals surface area contributed by atoms with E-state index in [0.717, 1.165) is 24.3 Å². The minimum atomic E-state index is -0.490. The number of hydrazine groups is 1. The summed E-state index contributed by atoms with van der Waals surface area (Å²) in [7, 11) is 0. The minimum Gasteiger partial charge on any atom is -0.493 e. The zero-order chi connectivity index (χ0) is 18.8. The highest BCUT2D eigenvalue weighted by Gasteiger charge is 2.31. The van der Waals surface area contributed by atoms with Crippen LogP contribution in [0.1, 0.15) is 41.0 Å². The van der Waals surface area contributed by atoms with Crippen LogP contribution in [-0.4, -0.2) is 36.1 Å². The van der Waals surface area contributed by atoms with E-state index in [1.54, 1.807) is 12.3 Å². The molecule has 0 bridgehead atoms. The van der Waals surface area contributed by atoms with Crippen molar-refractivity contribution in [1.29, 1.82) is 0 Å². The maximum Gasteiger partial charge on any atom is 0.357 e. The van der Waals surface area contributed by atoms with E-state index in [-0.39, 0.29) is 24.2 Å². The topological polar surface area (TPSA) is 102 Å². The third-order valence-electron chi connectivity index (χ3n) is 4.55. The Morgan fingerprint density at radius 1 is 1.41 bits per heavy atom. The molecule has 2 unspecified atom stereocenters. The predicted octanol–water partition coefficient (Wildman–Crippen LogP) is 1.80. The standard InChI is InChI=1S/C18H20N4O4S/c1-2-25-17(24)14-9-27-18(19-14)20-16(23)13-8-12(21-22-13)10-3-4-15-11(7-10)5-6-26-15/h3-4,7,9,12-13,21-22H,2,5-6,8H2,1H3,(H,19,20,23). The van der Waals surface area contributed by atoms with Crippen molar-refractivity contribution in [2.75, 3.05) is 18.5 Å². The number of thiazole rings is 1. The second-order valence-electron chi connectivity index (χ2n) is 6.34. The first-order chi connectivity index (χ1) is 13.1. The third kappa shape index (κ3) is 3.80. The number of hydrogen-bond donors (Lipinski definition) is 3. The van der Waals surface area contributed by atoms with E-state index in [4.69, 9.17) is 9.47 Å². The molecule has 3 N–H and O–H groups in total. The van der Waals surface area contributed by atoms with Crippen LogP contribution < -0.4 is 20.9 Å². The van der Waals surface area contributed by atoms with Gasteiger partial charge in [0.25, 0.3) is 0 Å². The Morgan fingerprint density at radius 3 is 3.15 bits per heavy atom. The average molecular weight is 388 g/mol. The van der Waals surface area contributed by atoms with Crippen LogP contribution in [0.4, 0.5) is 5.13 Å². The first-order valence-electron chi connectivity index (χ1n) is 8.84. The van der Waals surface area contributed by atoms with Crippen LogP contribution in [-0.2, 0) is 16.0 Å². The van der Waals surface area contributed by atoms with Gasteiger partial charge < -0.3 is 14.8 Å². The maximum atomic E-state index is 12.5. The lowest BCUT2D eigenvalue weighted by Gasteiger charge is -2.11. The number of rotatable bonds is 5. The molecule has 0 spiro atoms. The van der Waals surface area contributed by atoms with Gasteiger partial charge in [0.1, 0.15) is 11.8 Å². The van der Waals surface area contributed by atoms with Gasteiger partial charge in [0, 0.05) is 17.8 Å². The van der Waals surface area contributed by atoms with Crippen LogP contribution in [0.2, 0.25) is 0 Å². The first kappa shape index (κ1) is 17.9. The van der Waals surface area contributed by atoms with Crippen LogP contribution in [0.5, 0.6) is 5.75 Å². The van der Waals surface area contributed by atoms with Gasteiger partial charge in [0.15, 0.2) is 10.8 Å². The van der Waals surface area contributed by atoms with Crippen molar-refractivity contribution in [1.82, 2.24) is 15.8 Å².